The standard InChI is InChI=1S/C9H14F2N4O/c1-6-4-9(15-12)14-8(13-6)2-3-16-5-7(10)11/h4,7H,2-3,5,12H2,1H3,(H,13,14,15). The Kier molecular flexibility index (Phi) is 5.00. The highest BCUT2D eigenvalue weighted by Crippen LogP contribution is 2.05. The van der Waals surface area contributed by atoms with Crippen LogP contribution >= 0.6 is 0 Å². The van der Waals surface area contributed by atoms with Crippen molar-refractivity contribution in [3.8, 4) is 0 Å². The lowest BCUT2D eigenvalue weighted by Crippen LogP contribution is -2.13. The van der Waals surface area contributed by atoms with Crippen molar-refractivity contribution in [2.75, 3.05) is 18.6 Å². The maximum Gasteiger partial charge on any atom is 0.261 e. The van der Waals surface area contributed by atoms with Gasteiger partial charge in [-0.1, -0.05) is 0 Å². The number of hydrogen-bond acceptors (Lipinski definition) is 5. The molecule has 0 atom stereocenters. The van der Waals surface area contributed by atoms with Crippen LogP contribution in [0.2, 0.25) is 0 Å². The molecule has 1 aromatic rings. The van der Waals surface area contributed by atoms with Gasteiger partial charge in [0.25, 0.3) is 6.43 Å². The molecule has 0 radical (unpaired) electrons. The van der Waals surface area contributed by atoms with Crippen molar-refractivity contribution in [1.82, 2.24) is 9.97 Å². The van der Waals surface area contributed by atoms with Crippen LogP contribution in [0, 0.1) is 6.92 Å². The van der Waals surface area contributed by atoms with Gasteiger partial charge in [0.1, 0.15) is 18.2 Å². The van der Waals surface area contributed by atoms with Crippen LogP contribution in [0.15, 0.2) is 6.07 Å². The summed E-state index contributed by atoms with van der Waals surface area (Å²) in [5, 5.41) is 0. The lowest BCUT2D eigenvalue weighted by molar-refractivity contribution is 0.0183. The van der Waals surface area contributed by atoms with E-state index >= 15 is 0 Å². The van der Waals surface area contributed by atoms with Crippen molar-refractivity contribution in [3.05, 3.63) is 17.6 Å². The topological polar surface area (TPSA) is 73.1 Å². The van der Waals surface area contributed by atoms with Crippen LogP contribution in [0.5, 0.6) is 0 Å². The third-order valence-corrected chi connectivity index (χ3v) is 1.76. The minimum absolute atomic E-state index is 0.164. The zero-order chi connectivity index (χ0) is 12.0. The van der Waals surface area contributed by atoms with Gasteiger partial charge in [-0.25, -0.2) is 24.6 Å². The van der Waals surface area contributed by atoms with Crippen LogP contribution in [-0.2, 0) is 11.2 Å². The number of rotatable bonds is 6. The van der Waals surface area contributed by atoms with E-state index in [-0.39, 0.29) is 6.61 Å². The van der Waals surface area contributed by atoms with E-state index in [0.717, 1.165) is 5.69 Å². The lowest BCUT2D eigenvalue weighted by Gasteiger charge is -2.05. The molecule has 7 heteroatoms. The Bertz CT molecular complexity index is 335. The Hall–Kier alpha value is -1.34. The second-order valence-electron chi connectivity index (χ2n) is 3.17. The van der Waals surface area contributed by atoms with Gasteiger partial charge in [0, 0.05) is 18.2 Å². The fourth-order valence-corrected chi connectivity index (χ4v) is 1.15. The molecule has 16 heavy (non-hydrogen) atoms. The monoisotopic (exact) mass is 232 g/mol. The molecular formula is C9H14F2N4O. The summed E-state index contributed by atoms with van der Waals surface area (Å²) < 4.78 is 28.3. The van der Waals surface area contributed by atoms with E-state index in [2.05, 4.69) is 15.4 Å². The Morgan fingerprint density at radius 2 is 2.25 bits per heavy atom. The lowest BCUT2D eigenvalue weighted by atomic mass is 10.3. The van der Waals surface area contributed by atoms with Gasteiger partial charge in [0.05, 0.1) is 6.61 Å². The van der Waals surface area contributed by atoms with Crippen molar-refractivity contribution in [3.63, 3.8) is 0 Å². The average Bonchev–Trinajstić information content (AvgIpc) is 2.23. The van der Waals surface area contributed by atoms with Crippen LogP contribution in [0.3, 0.4) is 0 Å². The Labute approximate surface area is 92.0 Å². The van der Waals surface area contributed by atoms with Crippen LogP contribution in [0.1, 0.15) is 11.5 Å². The summed E-state index contributed by atoms with van der Waals surface area (Å²) in [4.78, 5) is 8.18. The van der Waals surface area contributed by atoms with Gasteiger partial charge in [-0.15, -0.1) is 0 Å². The maximum atomic E-state index is 11.8. The van der Waals surface area contributed by atoms with Gasteiger partial charge >= 0.3 is 0 Å². The normalized spacial score (nSPS) is 10.8. The number of hydrogen-bond donors (Lipinski definition) is 2. The molecule has 0 aliphatic heterocycles. The van der Waals surface area contributed by atoms with Crippen molar-refractivity contribution < 1.29 is 13.5 Å². The number of hydrazine groups is 1. The summed E-state index contributed by atoms with van der Waals surface area (Å²) in [7, 11) is 0. The van der Waals surface area contributed by atoms with Gasteiger partial charge in [-0.05, 0) is 6.92 Å². The first kappa shape index (κ1) is 12.7. The smallest absolute Gasteiger partial charge is 0.261 e. The minimum atomic E-state index is -2.44. The van der Waals surface area contributed by atoms with Gasteiger partial charge in [0.15, 0.2) is 0 Å². The van der Waals surface area contributed by atoms with Gasteiger partial charge in [0.2, 0.25) is 0 Å². The first-order valence-electron chi connectivity index (χ1n) is 4.79. The number of nitrogens with one attached hydrogen (secondary N) is 1. The van der Waals surface area contributed by atoms with Crippen LogP contribution < -0.4 is 11.3 Å². The molecule has 1 aromatic heterocycles. The van der Waals surface area contributed by atoms with Crippen molar-refractivity contribution in [2.24, 2.45) is 5.84 Å². The van der Waals surface area contributed by atoms with Crippen LogP contribution in [0.4, 0.5) is 14.6 Å². The molecule has 0 unspecified atom stereocenters. The fourth-order valence-electron chi connectivity index (χ4n) is 1.15. The summed E-state index contributed by atoms with van der Waals surface area (Å²) in [5.74, 6) is 6.22. The number of aryl methyl sites for hydroxylation is 1. The van der Waals surface area contributed by atoms with E-state index in [0.29, 0.717) is 18.1 Å². The molecule has 0 saturated carbocycles. The molecule has 0 spiro atoms. The van der Waals surface area contributed by atoms with E-state index < -0.39 is 13.0 Å². The number of nitrogens with two attached hydrogens (primary N) is 1. The molecule has 90 valence electrons. The third-order valence-electron chi connectivity index (χ3n) is 1.76. The molecular weight excluding hydrogens is 218 g/mol. The van der Waals surface area contributed by atoms with E-state index in [4.69, 9.17) is 10.6 Å². The number of alkyl halides is 2. The molecule has 5 nitrogen and oxygen atoms in total. The quantitative estimate of drug-likeness (QED) is 0.433. The largest absolute Gasteiger partial charge is 0.375 e. The predicted molar refractivity (Wildman–Crippen MR) is 55.1 cm³/mol. The first-order valence-corrected chi connectivity index (χ1v) is 4.79. The molecule has 0 fully saturated rings. The van der Waals surface area contributed by atoms with Crippen LogP contribution in [-0.4, -0.2) is 29.6 Å². The molecule has 1 rings (SSSR count). The Morgan fingerprint density at radius 1 is 1.50 bits per heavy atom. The Balaban J connectivity index is 2.44. The van der Waals surface area contributed by atoms with Crippen molar-refractivity contribution in [1.29, 1.82) is 0 Å². The van der Waals surface area contributed by atoms with Crippen LogP contribution in [0.25, 0.3) is 0 Å². The predicted octanol–water partition coefficient (Wildman–Crippen LogP) is 0.895. The third kappa shape index (κ3) is 4.45. The minimum Gasteiger partial charge on any atom is -0.375 e. The Morgan fingerprint density at radius 3 is 2.88 bits per heavy atom. The fraction of sp³-hybridized carbons (Fsp3) is 0.556. The second kappa shape index (κ2) is 6.29. The molecule has 0 amide bonds. The second-order valence-corrected chi connectivity index (χ2v) is 3.17. The summed E-state index contributed by atoms with van der Waals surface area (Å²) in [6, 6.07) is 1.68. The van der Waals surface area contributed by atoms with E-state index in [9.17, 15) is 8.78 Å². The molecule has 1 heterocycles. The number of aromatic nitrogens is 2. The summed E-state index contributed by atoms with van der Waals surface area (Å²) in [6.45, 7) is 1.40. The SMILES string of the molecule is Cc1cc(NN)nc(CCOCC(F)F)n1. The number of ether oxygens (including phenoxy) is 1. The summed E-state index contributed by atoms with van der Waals surface area (Å²) in [5.41, 5.74) is 3.16. The van der Waals surface area contributed by atoms with Gasteiger partial charge in [-0.2, -0.15) is 0 Å². The zero-order valence-electron chi connectivity index (χ0n) is 8.91. The highest BCUT2D eigenvalue weighted by atomic mass is 19.3. The average molecular weight is 232 g/mol. The number of anilines is 1. The highest BCUT2D eigenvalue weighted by molar-refractivity contribution is 5.33. The molecule has 0 aliphatic rings. The van der Waals surface area contributed by atoms with Crippen molar-refractivity contribution in [2.45, 2.75) is 19.8 Å². The maximum absolute atomic E-state index is 11.8. The summed E-state index contributed by atoms with van der Waals surface area (Å²) in [6.07, 6.45) is -2.07. The van der Waals surface area contributed by atoms with E-state index in [1.807, 2.05) is 0 Å². The van der Waals surface area contributed by atoms with Gasteiger partial charge < -0.3 is 10.2 Å². The van der Waals surface area contributed by atoms with E-state index in [1.54, 1.807) is 13.0 Å². The molecule has 0 saturated heterocycles. The summed E-state index contributed by atoms with van der Waals surface area (Å²) >= 11 is 0. The molecule has 0 bridgehead atoms. The molecule has 0 aliphatic carbocycles. The van der Waals surface area contributed by atoms with E-state index in [1.165, 1.54) is 0 Å². The number of halogens is 2. The molecule has 0 aromatic carbocycles. The number of nitrogen functional groups attached to an aromatic ring is 1. The molecule has 3 N–H and O–H groups in total. The first-order chi connectivity index (χ1) is 7.61. The zero-order valence-corrected chi connectivity index (χ0v) is 8.91. The highest BCUT2D eigenvalue weighted by Gasteiger charge is 2.04. The number of nitrogens with zero attached hydrogens (tertiary/aromatic N) is 2. The van der Waals surface area contributed by atoms with Crippen molar-refractivity contribution >= 4 is 5.82 Å². The van der Waals surface area contributed by atoms with Gasteiger partial charge in [-0.3, -0.25) is 0 Å².